The molecule has 0 atom stereocenters. The van der Waals surface area contributed by atoms with Crippen LogP contribution in [-0.2, 0) is 21.2 Å². The molecule has 1 aromatic heterocycles. The van der Waals surface area contributed by atoms with Crippen molar-refractivity contribution in [1.29, 1.82) is 5.26 Å². The predicted molar refractivity (Wildman–Crippen MR) is 110 cm³/mol. The van der Waals surface area contributed by atoms with Gasteiger partial charge in [0.15, 0.2) is 0 Å². The number of carbonyl (C=O) groups is 1. The van der Waals surface area contributed by atoms with Crippen molar-refractivity contribution in [2.45, 2.75) is 18.2 Å². The highest BCUT2D eigenvalue weighted by Gasteiger charge is 2.18. The van der Waals surface area contributed by atoms with Crippen molar-refractivity contribution in [3.8, 4) is 17.5 Å². The average molecular weight is 425 g/mol. The minimum Gasteiger partial charge on any atom is -0.494 e. The van der Waals surface area contributed by atoms with Gasteiger partial charge in [-0.1, -0.05) is 18.2 Å². The van der Waals surface area contributed by atoms with Crippen LogP contribution in [0.25, 0.3) is 5.69 Å². The van der Waals surface area contributed by atoms with Gasteiger partial charge in [-0.2, -0.15) is 10.4 Å². The van der Waals surface area contributed by atoms with Crippen LogP contribution in [0.5, 0.6) is 5.75 Å². The van der Waals surface area contributed by atoms with E-state index in [1.54, 1.807) is 18.2 Å². The van der Waals surface area contributed by atoms with Crippen LogP contribution in [0.1, 0.15) is 18.1 Å². The van der Waals surface area contributed by atoms with Crippen molar-refractivity contribution in [1.82, 2.24) is 9.78 Å². The fourth-order valence-corrected chi connectivity index (χ4v) is 3.59. The van der Waals surface area contributed by atoms with E-state index in [2.05, 4.69) is 10.4 Å². The maximum Gasteiger partial charge on any atom is 0.240 e. The molecule has 0 spiro atoms. The molecule has 3 N–H and O–H groups in total. The van der Waals surface area contributed by atoms with E-state index in [0.717, 1.165) is 0 Å². The molecule has 0 unspecified atom stereocenters. The number of primary sulfonamides is 1. The van der Waals surface area contributed by atoms with E-state index >= 15 is 0 Å². The van der Waals surface area contributed by atoms with Gasteiger partial charge in [0, 0.05) is 17.4 Å². The van der Waals surface area contributed by atoms with Crippen LogP contribution in [0.4, 0.5) is 5.69 Å². The van der Waals surface area contributed by atoms with Crippen molar-refractivity contribution < 1.29 is 17.9 Å². The van der Waals surface area contributed by atoms with Crippen LogP contribution >= 0.6 is 0 Å². The second-order valence-corrected chi connectivity index (χ2v) is 7.81. The number of benzene rings is 2. The minimum atomic E-state index is -4.13. The molecule has 10 heteroatoms. The van der Waals surface area contributed by atoms with E-state index in [1.807, 2.05) is 19.1 Å². The van der Waals surface area contributed by atoms with Crippen molar-refractivity contribution >= 4 is 21.6 Å². The Labute approximate surface area is 173 Å². The Bertz CT molecular complexity index is 1230. The third-order valence-corrected chi connectivity index (χ3v) is 5.07. The summed E-state index contributed by atoms with van der Waals surface area (Å²) < 4.78 is 30.9. The number of rotatable bonds is 7. The molecular formula is C20H19N5O4S. The third-order valence-electron chi connectivity index (χ3n) is 4.13. The van der Waals surface area contributed by atoms with Gasteiger partial charge in [0.1, 0.15) is 16.7 Å². The molecule has 0 aliphatic carbocycles. The fraction of sp³-hybridized carbons (Fsp3) is 0.150. The maximum atomic E-state index is 12.5. The number of nitrogens with one attached hydrogen (secondary N) is 1. The topological polar surface area (TPSA) is 140 Å². The Morgan fingerprint density at radius 1 is 1.30 bits per heavy atom. The zero-order chi connectivity index (χ0) is 21.7. The molecule has 0 aliphatic rings. The molecule has 30 heavy (non-hydrogen) atoms. The van der Waals surface area contributed by atoms with Crippen LogP contribution in [-0.4, -0.2) is 30.7 Å². The SMILES string of the molecule is CCOc1ccccc1CC(=O)Nc1ccc(-n2cc(C#N)cn2)c(S(N)(=O)=O)c1. The number of para-hydroxylation sites is 1. The standard InChI is InChI=1S/C20H19N5O4S/c1-2-29-18-6-4-3-5-15(18)9-20(26)24-16-7-8-17(19(10-16)30(22,27)28)25-13-14(11-21)12-23-25/h3-8,10,12-13H,2,9H2,1H3,(H,24,26)(H2,22,27,28). The molecule has 0 fully saturated rings. The molecule has 3 rings (SSSR count). The summed E-state index contributed by atoms with van der Waals surface area (Å²) in [4.78, 5) is 12.3. The van der Waals surface area contributed by atoms with Crippen LogP contribution in [0, 0.1) is 11.3 Å². The quantitative estimate of drug-likeness (QED) is 0.593. The molecule has 154 valence electrons. The summed E-state index contributed by atoms with van der Waals surface area (Å²) in [5, 5.41) is 20.9. The van der Waals surface area contributed by atoms with E-state index in [-0.39, 0.29) is 34.2 Å². The fourth-order valence-electron chi connectivity index (χ4n) is 2.85. The van der Waals surface area contributed by atoms with E-state index in [4.69, 9.17) is 15.1 Å². The largest absolute Gasteiger partial charge is 0.494 e. The molecule has 0 bridgehead atoms. The number of nitrogens with two attached hydrogens (primary N) is 1. The molecular weight excluding hydrogens is 406 g/mol. The van der Waals surface area contributed by atoms with E-state index in [9.17, 15) is 13.2 Å². The predicted octanol–water partition coefficient (Wildman–Crippen LogP) is 1.97. The molecule has 0 aliphatic heterocycles. The van der Waals surface area contributed by atoms with Crippen LogP contribution in [0.2, 0.25) is 0 Å². The van der Waals surface area contributed by atoms with Gasteiger partial charge in [0.25, 0.3) is 0 Å². The summed E-state index contributed by atoms with van der Waals surface area (Å²) in [5.74, 6) is 0.267. The molecule has 2 aromatic carbocycles. The summed E-state index contributed by atoms with van der Waals surface area (Å²) in [6.45, 7) is 2.32. The first-order valence-electron chi connectivity index (χ1n) is 8.94. The summed E-state index contributed by atoms with van der Waals surface area (Å²) in [6.07, 6.45) is 2.73. The first-order valence-corrected chi connectivity index (χ1v) is 10.5. The Hall–Kier alpha value is -3.68. The smallest absolute Gasteiger partial charge is 0.240 e. The Kier molecular flexibility index (Phi) is 6.15. The number of carbonyl (C=O) groups excluding carboxylic acids is 1. The highest BCUT2D eigenvalue weighted by molar-refractivity contribution is 7.89. The van der Waals surface area contributed by atoms with Gasteiger partial charge in [-0.05, 0) is 31.2 Å². The monoisotopic (exact) mass is 425 g/mol. The number of nitrogens with zero attached hydrogens (tertiary/aromatic N) is 3. The van der Waals surface area contributed by atoms with Crippen molar-refractivity contribution in [2.24, 2.45) is 5.14 Å². The van der Waals surface area contributed by atoms with Crippen LogP contribution < -0.4 is 15.2 Å². The summed E-state index contributed by atoms with van der Waals surface area (Å²) in [5.41, 5.74) is 1.40. The van der Waals surface area contributed by atoms with E-state index < -0.39 is 10.0 Å². The van der Waals surface area contributed by atoms with Gasteiger partial charge in [0.05, 0.1) is 30.5 Å². The molecule has 0 radical (unpaired) electrons. The van der Waals surface area contributed by atoms with Gasteiger partial charge in [-0.25, -0.2) is 18.2 Å². The lowest BCUT2D eigenvalue weighted by Crippen LogP contribution is -2.18. The lowest BCUT2D eigenvalue weighted by molar-refractivity contribution is -0.115. The second kappa shape index (κ2) is 8.77. The van der Waals surface area contributed by atoms with Gasteiger partial charge in [-0.15, -0.1) is 0 Å². The van der Waals surface area contributed by atoms with Crippen molar-refractivity contribution in [3.05, 3.63) is 66.0 Å². The number of amides is 1. The number of sulfonamides is 1. The van der Waals surface area contributed by atoms with Crippen LogP contribution in [0.15, 0.2) is 59.8 Å². The number of anilines is 1. The summed E-state index contributed by atoms with van der Waals surface area (Å²) >= 11 is 0. The molecule has 0 saturated heterocycles. The third kappa shape index (κ3) is 4.83. The second-order valence-electron chi connectivity index (χ2n) is 6.28. The van der Waals surface area contributed by atoms with Crippen LogP contribution in [0.3, 0.4) is 0 Å². The van der Waals surface area contributed by atoms with E-state index in [0.29, 0.717) is 17.9 Å². The van der Waals surface area contributed by atoms with Crippen molar-refractivity contribution in [2.75, 3.05) is 11.9 Å². The highest BCUT2D eigenvalue weighted by Crippen LogP contribution is 2.24. The van der Waals surface area contributed by atoms with Gasteiger partial charge >= 0.3 is 0 Å². The zero-order valence-electron chi connectivity index (χ0n) is 16.1. The number of aromatic nitrogens is 2. The van der Waals surface area contributed by atoms with Gasteiger partial charge in [-0.3, -0.25) is 4.79 Å². The minimum absolute atomic E-state index is 0.0489. The lowest BCUT2D eigenvalue weighted by atomic mass is 10.1. The molecule has 3 aromatic rings. The zero-order valence-corrected chi connectivity index (χ0v) is 16.9. The van der Waals surface area contributed by atoms with Crippen molar-refractivity contribution in [3.63, 3.8) is 0 Å². The summed E-state index contributed by atoms with van der Waals surface area (Å²) in [7, 11) is -4.13. The lowest BCUT2D eigenvalue weighted by Gasteiger charge is -2.12. The number of nitriles is 1. The number of hydrogen-bond donors (Lipinski definition) is 2. The normalized spacial score (nSPS) is 11.0. The Morgan fingerprint density at radius 3 is 2.73 bits per heavy atom. The Morgan fingerprint density at radius 2 is 2.07 bits per heavy atom. The van der Waals surface area contributed by atoms with Gasteiger partial charge < -0.3 is 10.1 Å². The molecule has 0 saturated carbocycles. The molecule has 1 heterocycles. The first-order chi connectivity index (χ1) is 14.3. The Balaban J connectivity index is 1.87. The number of hydrogen-bond acceptors (Lipinski definition) is 6. The maximum absolute atomic E-state index is 12.5. The molecule has 1 amide bonds. The average Bonchev–Trinajstić information content (AvgIpc) is 3.18. The van der Waals surface area contributed by atoms with E-state index in [1.165, 1.54) is 35.3 Å². The first kappa shape index (κ1) is 21.0. The van der Waals surface area contributed by atoms with Gasteiger partial charge in [0.2, 0.25) is 15.9 Å². The highest BCUT2D eigenvalue weighted by atomic mass is 32.2. The number of ether oxygens (including phenoxy) is 1. The molecule has 9 nitrogen and oxygen atoms in total. The summed E-state index contributed by atoms with van der Waals surface area (Å²) in [6, 6.07) is 13.3.